The van der Waals surface area contributed by atoms with Crippen LogP contribution in [0.5, 0.6) is 0 Å². The van der Waals surface area contributed by atoms with Crippen LogP contribution in [0, 0.1) is 28.9 Å². The molecule has 0 bridgehead atoms. The normalized spacial score (nSPS) is 16.1. The molecule has 2 aromatic heterocycles. The van der Waals surface area contributed by atoms with Crippen LogP contribution < -0.4 is 10.5 Å². The molecule has 0 spiro atoms. The first-order valence-corrected chi connectivity index (χ1v) is 12.8. The van der Waals surface area contributed by atoms with Gasteiger partial charge in [0.1, 0.15) is 28.9 Å². The maximum Gasteiger partial charge on any atom is 0.311 e. The Kier molecular flexibility index (Phi) is 7.58. The van der Waals surface area contributed by atoms with Crippen LogP contribution in [-0.4, -0.2) is 53.7 Å². The fourth-order valence-corrected chi connectivity index (χ4v) is 5.33. The summed E-state index contributed by atoms with van der Waals surface area (Å²) in [5.41, 5.74) is 3.08. The third-order valence-electron chi connectivity index (χ3n) is 7.35. The molecule has 40 heavy (non-hydrogen) atoms. The average Bonchev–Trinajstić information content (AvgIpc) is 3.19. The lowest BCUT2D eigenvalue weighted by molar-refractivity contribution is -0.145. The molecule has 4 aromatic rings. The van der Waals surface area contributed by atoms with Crippen molar-refractivity contribution >= 4 is 22.7 Å². The molecule has 0 aliphatic carbocycles. The number of carbonyl (C=O) groups excluding carboxylic acids is 1. The number of methoxy groups -OCH3 is 1. The highest BCUT2D eigenvalue weighted by Crippen LogP contribution is 2.33. The number of halogens is 2. The fourth-order valence-electron chi connectivity index (χ4n) is 5.33. The van der Waals surface area contributed by atoms with Crippen molar-refractivity contribution in [2.24, 2.45) is 13.0 Å². The van der Waals surface area contributed by atoms with Gasteiger partial charge < -0.3 is 14.2 Å². The Bertz CT molecular complexity index is 1600. The first-order valence-electron chi connectivity index (χ1n) is 12.8. The Balaban J connectivity index is 1.60. The van der Waals surface area contributed by atoms with Crippen LogP contribution in [0.25, 0.3) is 11.0 Å². The van der Waals surface area contributed by atoms with E-state index >= 15 is 0 Å². The van der Waals surface area contributed by atoms with Gasteiger partial charge in [0.15, 0.2) is 0 Å². The Labute approximate surface area is 229 Å². The number of benzene rings is 2. The van der Waals surface area contributed by atoms with Crippen LogP contribution in [0.15, 0.2) is 71.5 Å². The van der Waals surface area contributed by atoms with Crippen molar-refractivity contribution in [2.45, 2.75) is 6.04 Å². The number of fused-ring (bicyclic) bond motifs is 1. The van der Waals surface area contributed by atoms with Crippen LogP contribution in [0.1, 0.15) is 22.9 Å². The van der Waals surface area contributed by atoms with E-state index in [1.54, 1.807) is 43.4 Å². The summed E-state index contributed by atoms with van der Waals surface area (Å²) in [4.78, 5) is 34.4. The summed E-state index contributed by atoms with van der Waals surface area (Å²) in [7, 11) is 2.97. The SMILES string of the molecule is COC(=O)[C@@H]1CN(c2cc(=O)n(C)c3ccc(C#N)nc23)CCN(C(c2ccc(F)cc2)c2ccc(F)cc2)C1. The number of ether oxygens (including phenoxy) is 1. The van der Waals surface area contributed by atoms with Crippen LogP contribution in [0.2, 0.25) is 0 Å². The zero-order valence-corrected chi connectivity index (χ0v) is 22.1. The van der Waals surface area contributed by atoms with Gasteiger partial charge >= 0.3 is 5.97 Å². The molecule has 2 aromatic carbocycles. The zero-order chi connectivity index (χ0) is 28.4. The molecule has 204 valence electrons. The Morgan fingerprint density at radius 1 is 1.00 bits per heavy atom. The van der Waals surface area contributed by atoms with Gasteiger partial charge in [-0.3, -0.25) is 14.5 Å². The van der Waals surface area contributed by atoms with Gasteiger partial charge in [0.25, 0.3) is 5.56 Å². The fraction of sp³-hybridized carbons (Fsp3) is 0.267. The van der Waals surface area contributed by atoms with Crippen LogP contribution in [0.4, 0.5) is 14.5 Å². The van der Waals surface area contributed by atoms with Gasteiger partial charge in [0, 0.05) is 39.3 Å². The van der Waals surface area contributed by atoms with E-state index < -0.39 is 17.9 Å². The lowest BCUT2D eigenvalue weighted by atomic mass is 9.95. The third-order valence-corrected chi connectivity index (χ3v) is 7.35. The van der Waals surface area contributed by atoms with E-state index in [0.717, 1.165) is 11.1 Å². The summed E-state index contributed by atoms with van der Waals surface area (Å²) < 4.78 is 34.3. The molecule has 0 N–H and O–H groups in total. The highest BCUT2D eigenvalue weighted by molar-refractivity contribution is 5.89. The van der Waals surface area contributed by atoms with E-state index in [-0.39, 0.29) is 29.4 Å². The van der Waals surface area contributed by atoms with Gasteiger partial charge in [-0.1, -0.05) is 24.3 Å². The van der Waals surface area contributed by atoms with Crippen LogP contribution >= 0.6 is 0 Å². The van der Waals surface area contributed by atoms with Crippen molar-refractivity contribution in [1.29, 1.82) is 5.26 Å². The molecular formula is C30H27F2N5O3. The molecule has 1 atom stereocenters. The summed E-state index contributed by atoms with van der Waals surface area (Å²) in [5.74, 6) is -1.79. The first kappa shape index (κ1) is 27.0. The molecule has 10 heteroatoms. The van der Waals surface area contributed by atoms with Gasteiger partial charge in [-0.05, 0) is 47.5 Å². The number of anilines is 1. The zero-order valence-electron chi connectivity index (χ0n) is 22.1. The number of esters is 1. The number of nitrogens with zero attached hydrogens (tertiary/aromatic N) is 5. The molecular weight excluding hydrogens is 516 g/mol. The van der Waals surface area contributed by atoms with Crippen LogP contribution in [-0.2, 0) is 16.6 Å². The number of aryl methyl sites for hydroxylation is 1. The van der Waals surface area contributed by atoms with Gasteiger partial charge in [0.05, 0.1) is 30.3 Å². The smallest absolute Gasteiger partial charge is 0.311 e. The van der Waals surface area contributed by atoms with Gasteiger partial charge in [-0.25, -0.2) is 13.8 Å². The number of pyridine rings is 2. The van der Waals surface area contributed by atoms with E-state index in [1.807, 2.05) is 11.0 Å². The molecule has 8 nitrogen and oxygen atoms in total. The van der Waals surface area contributed by atoms with E-state index in [1.165, 1.54) is 42.0 Å². The third kappa shape index (κ3) is 5.28. The minimum atomic E-state index is -0.617. The minimum Gasteiger partial charge on any atom is -0.469 e. The van der Waals surface area contributed by atoms with Crippen molar-refractivity contribution < 1.29 is 18.3 Å². The highest BCUT2D eigenvalue weighted by atomic mass is 19.1. The number of hydrogen-bond donors (Lipinski definition) is 0. The van der Waals surface area contributed by atoms with E-state index in [0.29, 0.717) is 36.4 Å². The Morgan fingerprint density at radius 2 is 1.62 bits per heavy atom. The predicted octanol–water partition coefficient (Wildman–Crippen LogP) is 3.78. The molecule has 1 saturated heterocycles. The maximum atomic E-state index is 13.8. The van der Waals surface area contributed by atoms with Gasteiger partial charge in [-0.2, -0.15) is 5.26 Å². The molecule has 0 amide bonds. The molecule has 0 radical (unpaired) electrons. The van der Waals surface area contributed by atoms with Crippen molar-refractivity contribution in [3.05, 3.63) is 106 Å². The second-order valence-electron chi connectivity index (χ2n) is 9.77. The molecule has 0 saturated carbocycles. The number of rotatable bonds is 5. The lowest BCUT2D eigenvalue weighted by Crippen LogP contribution is -2.37. The van der Waals surface area contributed by atoms with E-state index in [9.17, 15) is 23.6 Å². The van der Waals surface area contributed by atoms with Gasteiger partial charge in [-0.15, -0.1) is 0 Å². The highest BCUT2D eigenvalue weighted by Gasteiger charge is 2.34. The molecule has 1 fully saturated rings. The monoisotopic (exact) mass is 543 g/mol. The lowest BCUT2D eigenvalue weighted by Gasteiger charge is -2.32. The topological polar surface area (TPSA) is 91.5 Å². The molecule has 5 rings (SSSR count). The van der Waals surface area contributed by atoms with Crippen LogP contribution in [0.3, 0.4) is 0 Å². The number of hydrogen-bond acceptors (Lipinski definition) is 7. The van der Waals surface area contributed by atoms with E-state index in [2.05, 4.69) is 9.88 Å². The Morgan fingerprint density at radius 3 is 2.20 bits per heavy atom. The predicted molar refractivity (Wildman–Crippen MR) is 146 cm³/mol. The summed E-state index contributed by atoms with van der Waals surface area (Å²) in [6, 6.07) is 18.6. The van der Waals surface area contributed by atoms with Crippen molar-refractivity contribution in [3.8, 4) is 6.07 Å². The first-order chi connectivity index (χ1) is 19.3. The number of carbonyl (C=O) groups is 1. The second kappa shape index (κ2) is 11.2. The second-order valence-corrected chi connectivity index (χ2v) is 9.77. The van der Waals surface area contributed by atoms with Crippen molar-refractivity contribution in [2.75, 3.05) is 38.2 Å². The summed E-state index contributed by atoms with van der Waals surface area (Å²) in [6.07, 6.45) is 0. The summed E-state index contributed by atoms with van der Waals surface area (Å²) >= 11 is 0. The standard InChI is InChI=1S/C30H27F2N5O3/c1-35-25-12-11-24(16-33)34-28(25)26(15-27(35)38)36-13-14-37(18-21(17-36)30(39)40-2)29(19-3-7-22(31)8-4-19)20-5-9-23(32)10-6-20/h3-12,15,21,29H,13-14,17-18H2,1-2H3/t21-/m1/s1. The van der Waals surface area contributed by atoms with Gasteiger partial charge in [0.2, 0.25) is 0 Å². The van der Waals surface area contributed by atoms with Crippen molar-refractivity contribution in [1.82, 2.24) is 14.5 Å². The summed E-state index contributed by atoms with van der Waals surface area (Å²) in [6.45, 7) is 1.39. The maximum absolute atomic E-state index is 13.8. The summed E-state index contributed by atoms with van der Waals surface area (Å²) in [5, 5.41) is 9.45. The molecule has 1 aliphatic rings. The average molecular weight is 544 g/mol. The number of aromatic nitrogens is 2. The number of nitriles is 1. The Hall–Kier alpha value is -4.62. The molecule has 0 unspecified atom stereocenters. The largest absolute Gasteiger partial charge is 0.469 e. The van der Waals surface area contributed by atoms with Crippen molar-refractivity contribution in [3.63, 3.8) is 0 Å². The minimum absolute atomic E-state index is 0.209. The molecule has 3 heterocycles. The molecule has 1 aliphatic heterocycles. The quantitative estimate of drug-likeness (QED) is 0.354. The van der Waals surface area contributed by atoms with E-state index in [4.69, 9.17) is 4.74 Å².